The summed E-state index contributed by atoms with van der Waals surface area (Å²) in [5, 5.41) is 10.9. The van der Waals surface area contributed by atoms with Gasteiger partial charge in [0.25, 0.3) is 0 Å². The van der Waals surface area contributed by atoms with Crippen LogP contribution in [-0.2, 0) is 23.0 Å². The van der Waals surface area contributed by atoms with E-state index in [1.807, 2.05) is 0 Å². The van der Waals surface area contributed by atoms with Gasteiger partial charge >= 0.3 is 0 Å². The fourth-order valence-corrected chi connectivity index (χ4v) is 4.31. The van der Waals surface area contributed by atoms with Crippen LogP contribution in [-0.4, -0.2) is 9.30 Å². The van der Waals surface area contributed by atoms with Crippen molar-refractivity contribution in [2.75, 3.05) is 0 Å². The molecule has 0 saturated carbocycles. The highest BCUT2D eigenvalue weighted by Crippen LogP contribution is 2.40. The van der Waals surface area contributed by atoms with Gasteiger partial charge in [0.05, 0.1) is 4.20 Å². The molecule has 0 radical (unpaired) electrons. The summed E-state index contributed by atoms with van der Waals surface area (Å²) in [6, 6.07) is 12.7. The third kappa shape index (κ3) is 5.36. The van der Waals surface area contributed by atoms with Crippen LogP contribution in [0.3, 0.4) is 0 Å². The van der Waals surface area contributed by atoms with Crippen LogP contribution in [0.2, 0.25) is 0 Å². The number of rotatable bonds is 4. The molecule has 2 rings (SSSR count). The van der Waals surface area contributed by atoms with Gasteiger partial charge in [-0.2, -0.15) is 0 Å². The monoisotopic (exact) mass is 400 g/mol. The molecule has 0 bridgehead atoms. The van der Waals surface area contributed by atoms with Crippen LogP contribution in [0.5, 0.6) is 5.75 Å². The topological polar surface area (TPSA) is 20.2 Å². The van der Waals surface area contributed by atoms with Crippen LogP contribution in [0.15, 0.2) is 36.4 Å². The van der Waals surface area contributed by atoms with Crippen molar-refractivity contribution in [1.29, 1.82) is 0 Å². The fraction of sp³-hybridized carbons (Fsp3) is 0.458. The molecule has 27 heavy (non-hydrogen) atoms. The van der Waals surface area contributed by atoms with Crippen molar-refractivity contribution < 1.29 is 5.11 Å². The second-order valence-corrected chi connectivity index (χ2v) is 10.8. The molecule has 0 spiro atoms. The third-order valence-electron chi connectivity index (χ3n) is 4.82. The van der Waals surface area contributed by atoms with Crippen LogP contribution < -0.4 is 0 Å². The first-order valence-electron chi connectivity index (χ1n) is 9.57. The lowest BCUT2D eigenvalue weighted by atomic mass is 9.78. The van der Waals surface area contributed by atoms with Gasteiger partial charge in [-0.25, -0.2) is 0 Å². The Kier molecular flexibility index (Phi) is 6.81. The van der Waals surface area contributed by atoms with Gasteiger partial charge in [-0.3, -0.25) is 0 Å². The van der Waals surface area contributed by atoms with Gasteiger partial charge in [0.2, 0.25) is 0 Å². The van der Waals surface area contributed by atoms with Crippen molar-refractivity contribution in [1.82, 2.24) is 0 Å². The van der Waals surface area contributed by atoms with E-state index < -0.39 is 0 Å². The Labute approximate surface area is 174 Å². The minimum absolute atomic E-state index is 0.144. The highest BCUT2D eigenvalue weighted by Gasteiger charge is 2.27. The Balaban J connectivity index is 2.38. The minimum atomic E-state index is -0.144. The molecule has 0 saturated heterocycles. The van der Waals surface area contributed by atoms with E-state index in [1.165, 1.54) is 11.1 Å². The molecule has 0 fully saturated rings. The molecular weight excluding hydrogens is 368 g/mol. The smallest absolute Gasteiger partial charge is 0.123 e. The molecular formula is C24H32OS2. The van der Waals surface area contributed by atoms with Gasteiger partial charge in [0.1, 0.15) is 5.75 Å². The molecule has 146 valence electrons. The number of thioether (sulfide) groups is 1. The van der Waals surface area contributed by atoms with Gasteiger partial charge in [-0.15, -0.1) is 11.8 Å². The molecule has 0 unspecified atom stereocenters. The van der Waals surface area contributed by atoms with E-state index in [-0.39, 0.29) is 10.8 Å². The molecule has 0 aromatic heterocycles. The maximum atomic E-state index is 10.9. The summed E-state index contributed by atoms with van der Waals surface area (Å²) in [6.07, 6.45) is 1.03. The van der Waals surface area contributed by atoms with Gasteiger partial charge in [-0.1, -0.05) is 84.9 Å². The maximum Gasteiger partial charge on any atom is 0.123 e. The van der Waals surface area contributed by atoms with E-state index in [4.69, 9.17) is 12.2 Å². The first kappa shape index (κ1) is 22.0. The zero-order valence-corrected chi connectivity index (χ0v) is 19.3. The minimum Gasteiger partial charge on any atom is -0.507 e. The standard InChI is InChI=1S/C24H32OS2/c1-8-16-11-9-10-12-17(16)15-27-22(26)18-13-19(23(2,3)4)21(25)20(14-18)24(5,6)7/h9-14,25H,8,15H2,1-7H3. The van der Waals surface area contributed by atoms with E-state index in [1.54, 1.807) is 11.8 Å². The lowest BCUT2D eigenvalue weighted by Crippen LogP contribution is -2.18. The summed E-state index contributed by atoms with van der Waals surface area (Å²) in [6.45, 7) is 15.0. The van der Waals surface area contributed by atoms with Gasteiger partial charge in [-0.05, 0) is 46.1 Å². The number of aryl methyl sites for hydroxylation is 1. The number of phenols is 1. The number of phenolic OH excluding ortho intramolecular Hbond substituents is 1. The second kappa shape index (κ2) is 8.36. The normalized spacial score (nSPS) is 12.3. The predicted molar refractivity (Wildman–Crippen MR) is 124 cm³/mol. The summed E-state index contributed by atoms with van der Waals surface area (Å²) in [5.74, 6) is 1.28. The van der Waals surface area contributed by atoms with E-state index >= 15 is 0 Å². The zero-order valence-electron chi connectivity index (χ0n) is 17.6. The van der Waals surface area contributed by atoms with Crippen LogP contribution in [0, 0.1) is 0 Å². The molecule has 0 atom stereocenters. The quantitative estimate of drug-likeness (QED) is 0.550. The molecule has 0 aliphatic heterocycles. The molecule has 0 amide bonds. The third-order valence-corrected chi connectivity index (χ3v) is 6.36. The largest absolute Gasteiger partial charge is 0.507 e. The van der Waals surface area contributed by atoms with E-state index in [0.717, 1.165) is 33.1 Å². The average molecular weight is 401 g/mol. The van der Waals surface area contributed by atoms with Crippen LogP contribution >= 0.6 is 24.0 Å². The molecule has 3 heteroatoms. The lowest BCUT2D eigenvalue weighted by Gasteiger charge is -2.28. The van der Waals surface area contributed by atoms with Crippen molar-refractivity contribution in [2.45, 2.75) is 71.5 Å². The van der Waals surface area contributed by atoms with Crippen LogP contribution in [0.25, 0.3) is 0 Å². The van der Waals surface area contributed by atoms with Crippen LogP contribution in [0.4, 0.5) is 0 Å². The predicted octanol–water partition coefficient (Wildman–Crippen LogP) is 7.16. The van der Waals surface area contributed by atoms with Gasteiger partial charge < -0.3 is 5.11 Å². The SMILES string of the molecule is CCc1ccccc1CSC(=S)c1cc(C(C)(C)C)c(O)c(C(C)(C)C)c1. The first-order chi connectivity index (χ1) is 12.4. The molecule has 1 N–H and O–H groups in total. The molecule has 2 aromatic rings. The summed E-state index contributed by atoms with van der Waals surface area (Å²) >= 11 is 7.50. The van der Waals surface area contributed by atoms with E-state index in [9.17, 15) is 5.11 Å². The number of thiocarbonyl (C=S) groups is 1. The Morgan fingerprint density at radius 3 is 1.85 bits per heavy atom. The van der Waals surface area contributed by atoms with E-state index in [0.29, 0.717) is 5.75 Å². The number of aromatic hydroxyl groups is 1. The Bertz CT molecular complexity index is 788. The highest BCUT2D eigenvalue weighted by molar-refractivity contribution is 8.23. The fourth-order valence-electron chi connectivity index (χ4n) is 3.17. The van der Waals surface area contributed by atoms with Crippen molar-refractivity contribution >= 4 is 28.2 Å². The Morgan fingerprint density at radius 2 is 1.41 bits per heavy atom. The van der Waals surface area contributed by atoms with Crippen molar-refractivity contribution in [3.8, 4) is 5.75 Å². The summed E-state index contributed by atoms with van der Waals surface area (Å²) in [7, 11) is 0. The van der Waals surface area contributed by atoms with Crippen molar-refractivity contribution in [2.24, 2.45) is 0 Å². The van der Waals surface area contributed by atoms with Crippen molar-refractivity contribution in [3.63, 3.8) is 0 Å². The Hall–Kier alpha value is -1.32. The number of hydrogen-bond donors (Lipinski definition) is 1. The van der Waals surface area contributed by atoms with Crippen molar-refractivity contribution in [3.05, 3.63) is 64.2 Å². The molecule has 0 aliphatic carbocycles. The number of hydrogen-bond acceptors (Lipinski definition) is 3. The Morgan fingerprint density at radius 1 is 0.926 bits per heavy atom. The lowest BCUT2D eigenvalue weighted by molar-refractivity contribution is 0.423. The zero-order chi connectivity index (χ0) is 20.4. The summed E-state index contributed by atoms with van der Waals surface area (Å²) < 4.78 is 0.886. The second-order valence-electron chi connectivity index (χ2n) is 9.12. The molecule has 2 aromatic carbocycles. The highest BCUT2D eigenvalue weighted by atomic mass is 32.2. The first-order valence-corrected chi connectivity index (χ1v) is 11.0. The van der Waals surface area contributed by atoms with E-state index in [2.05, 4.69) is 84.9 Å². The number of benzene rings is 2. The van der Waals surface area contributed by atoms with Gasteiger partial charge in [0, 0.05) is 16.9 Å². The summed E-state index contributed by atoms with van der Waals surface area (Å²) in [4.78, 5) is 0. The summed E-state index contributed by atoms with van der Waals surface area (Å²) in [5.41, 5.74) is 5.40. The maximum absolute atomic E-state index is 10.9. The molecule has 0 heterocycles. The average Bonchev–Trinajstić information content (AvgIpc) is 2.58. The molecule has 0 aliphatic rings. The van der Waals surface area contributed by atoms with Crippen LogP contribution in [0.1, 0.15) is 76.3 Å². The van der Waals surface area contributed by atoms with Gasteiger partial charge in [0.15, 0.2) is 0 Å². The molecule has 1 nitrogen and oxygen atoms in total.